The fraction of sp³-hybridized carbons (Fsp3) is 0.0417. The van der Waals surface area contributed by atoms with E-state index in [-0.39, 0.29) is 11.4 Å². The van der Waals surface area contributed by atoms with Gasteiger partial charge in [0.15, 0.2) is 0 Å². The van der Waals surface area contributed by atoms with Crippen LogP contribution in [0.3, 0.4) is 0 Å². The molecule has 4 aromatic rings. The summed E-state index contributed by atoms with van der Waals surface area (Å²) in [5.74, 6) is 0.253. The minimum Gasteiger partial charge on any atom is -0.478 e. The number of carboxylic acid groups (broad SMARTS) is 1. The Hall–Kier alpha value is -4.06. The normalized spacial score (nSPS) is 10.6. The topological polar surface area (TPSA) is 72.3 Å². The minimum atomic E-state index is -1.00. The summed E-state index contributed by atoms with van der Waals surface area (Å²) in [6.07, 6.45) is 3.19. The van der Waals surface area contributed by atoms with Crippen LogP contribution in [0.1, 0.15) is 16.2 Å². The Morgan fingerprint density at radius 3 is 2.27 bits per heavy atom. The molecule has 4 rings (SSSR count). The monoisotopic (exact) mass is 400 g/mol. The van der Waals surface area contributed by atoms with Crippen LogP contribution < -0.4 is 4.74 Å². The fourth-order valence-corrected chi connectivity index (χ4v) is 3.04. The van der Waals surface area contributed by atoms with Gasteiger partial charge in [0, 0.05) is 29.1 Å². The number of ether oxygens (including phenoxy) is 1. The Kier molecular flexibility index (Phi) is 5.22. The van der Waals surface area contributed by atoms with E-state index in [0.717, 1.165) is 0 Å². The van der Waals surface area contributed by atoms with E-state index in [1.165, 1.54) is 18.2 Å². The number of benzene rings is 3. The molecule has 0 unspecified atom stereocenters. The van der Waals surface area contributed by atoms with Crippen LogP contribution in [0.4, 0.5) is 4.39 Å². The van der Waals surface area contributed by atoms with Gasteiger partial charge in [-0.2, -0.15) is 0 Å². The summed E-state index contributed by atoms with van der Waals surface area (Å²) in [6, 6.07) is 18.3. The van der Waals surface area contributed by atoms with E-state index in [1.54, 1.807) is 43.6 Å². The molecule has 0 spiro atoms. The van der Waals surface area contributed by atoms with Gasteiger partial charge in [-0.25, -0.2) is 19.2 Å². The lowest BCUT2D eigenvalue weighted by molar-refractivity contribution is 0.0697. The first-order valence-electron chi connectivity index (χ1n) is 9.20. The number of carbonyl (C=O) groups is 1. The molecule has 0 aliphatic heterocycles. The zero-order valence-electron chi connectivity index (χ0n) is 16.0. The van der Waals surface area contributed by atoms with Gasteiger partial charge in [0.25, 0.3) is 0 Å². The second-order valence-corrected chi connectivity index (χ2v) is 6.64. The lowest BCUT2D eigenvalue weighted by Gasteiger charge is -2.13. The number of hydrogen-bond donors (Lipinski definition) is 1. The molecule has 0 fully saturated rings. The van der Waals surface area contributed by atoms with Gasteiger partial charge in [-0.1, -0.05) is 30.3 Å². The minimum absolute atomic E-state index is 0.174. The van der Waals surface area contributed by atoms with Crippen molar-refractivity contribution < 1.29 is 19.0 Å². The van der Waals surface area contributed by atoms with Crippen molar-refractivity contribution in [3.63, 3.8) is 0 Å². The number of aromatic carboxylic acids is 1. The largest absolute Gasteiger partial charge is 0.478 e. The molecule has 1 aromatic heterocycles. The number of carboxylic acids is 1. The third kappa shape index (κ3) is 4.03. The SMILES string of the molecule is Cc1ncc(-c2ccc(-c3ccccc3Oc3ccc(C(=O)O)cc3)cc2F)cn1. The van der Waals surface area contributed by atoms with Crippen molar-refractivity contribution in [2.75, 3.05) is 0 Å². The van der Waals surface area contributed by atoms with E-state index < -0.39 is 5.97 Å². The second kappa shape index (κ2) is 8.13. The summed E-state index contributed by atoms with van der Waals surface area (Å²) in [5.41, 5.74) is 2.56. The van der Waals surface area contributed by atoms with E-state index >= 15 is 0 Å². The van der Waals surface area contributed by atoms with Crippen LogP contribution in [0.15, 0.2) is 79.1 Å². The molecule has 148 valence electrons. The van der Waals surface area contributed by atoms with Crippen molar-refractivity contribution in [2.45, 2.75) is 6.92 Å². The molecule has 0 bridgehead atoms. The second-order valence-electron chi connectivity index (χ2n) is 6.64. The standard InChI is InChI=1S/C24H17FN2O3/c1-15-26-13-18(14-27-15)20-11-8-17(12-22(20)25)21-4-2-3-5-23(21)30-19-9-6-16(7-10-19)24(28)29/h2-14H,1H3,(H,28,29). The predicted molar refractivity (Wildman–Crippen MR) is 111 cm³/mol. The molecule has 1 heterocycles. The maximum atomic E-state index is 14.8. The summed E-state index contributed by atoms with van der Waals surface area (Å²) >= 11 is 0. The van der Waals surface area contributed by atoms with Gasteiger partial charge < -0.3 is 9.84 Å². The summed E-state index contributed by atoms with van der Waals surface area (Å²) in [6.45, 7) is 1.77. The lowest BCUT2D eigenvalue weighted by atomic mass is 10.0. The van der Waals surface area contributed by atoms with Crippen molar-refractivity contribution in [1.29, 1.82) is 0 Å². The predicted octanol–water partition coefficient (Wildman–Crippen LogP) is 5.75. The van der Waals surface area contributed by atoms with Crippen molar-refractivity contribution in [1.82, 2.24) is 9.97 Å². The third-order valence-electron chi connectivity index (χ3n) is 4.59. The lowest BCUT2D eigenvalue weighted by Crippen LogP contribution is -1.95. The maximum Gasteiger partial charge on any atom is 0.335 e. The molecule has 0 saturated carbocycles. The Bertz CT molecular complexity index is 1210. The summed E-state index contributed by atoms with van der Waals surface area (Å²) in [4.78, 5) is 19.2. The number of para-hydroxylation sites is 1. The van der Waals surface area contributed by atoms with E-state index in [1.807, 2.05) is 24.3 Å². The summed E-state index contributed by atoms with van der Waals surface area (Å²) in [7, 11) is 0. The van der Waals surface area contributed by atoms with Crippen molar-refractivity contribution >= 4 is 5.97 Å². The molecule has 30 heavy (non-hydrogen) atoms. The highest BCUT2D eigenvalue weighted by Crippen LogP contribution is 2.35. The average Bonchev–Trinajstić information content (AvgIpc) is 2.75. The molecule has 0 radical (unpaired) electrons. The van der Waals surface area contributed by atoms with Crippen molar-refractivity contribution in [3.05, 3.63) is 96.3 Å². The van der Waals surface area contributed by atoms with Gasteiger partial charge in [0.05, 0.1) is 5.56 Å². The fourth-order valence-electron chi connectivity index (χ4n) is 3.04. The molecule has 0 aliphatic carbocycles. The van der Waals surface area contributed by atoms with Gasteiger partial charge in [-0.15, -0.1) is 0 Å². The zero-order chi connectivity index (χ0) is 21.1. The highest BCUT2D eigenvalue weighted by molar-refractivity contribution is 5.87. The van der Waals surface area contributed by atoms with Gasteiger partial charge >= 0.3 is 5.97 Å². The molecule has 1 N–H and O–H groups in total. The van der Waals surface area contributed by atoms with E-state index in [0.29, 0.717) is 39.6 Å². The molecule has 0 aliphatic rings. The number of halogens is 1. The Balaban J connectivity index is 1.65. The maximum absolute atomic E-state index is 14.8. The van der Waals surface area contributed by atoms with Crippen LogP contribution in [0.5, 0.6) is 11.5 Å². The van der Waals surface area contributed by atoms with Crippen LogP contribution in [0.2, 0.25) is 0 Å². The van der Waals surface area contributed by atoms with Crippen LogP contribution in [0, 0.1) is 12.7 Å². The molecule has 0 amide bonds. The average molecular weight is 400 g/mol. The van der Waals surface area contributed by atoms with Crippen LogP contribution >= 0.6 is 0 Å². The van der Waals surface area contributed by atoms with E-state index in [4.69, 9.17) is 9.84 Å². The van der Waals surface area contributed by atoms with Gasteiger partial charge in [-0.05, 0) is 48.9 Å². The molecule has 0 atom stereocenters. The van der Waals surface area contributed by atoms with Crippen LogP contribution in [0.25, 0.3) is 22.3 Å². The van der Waals surface area contributed by atoms with Crippen LogP contribution in [-0.4, -0.2) is 21.0 Å². The molecule has 6 heteroatoms. The Morgan fingerprint density at radius 1 is 0.900 bits per heavy atom. The highest BCUT2D eigenvalue weighted by atomic mass is 19.1. The van der Waals surface area contributed by atoms with Crippen LogP contribution in [-0.2, 0) is 0 Å². The smallest absolute Gasteiger partial charge is 0.335 e. The first kappa shape index (κ1) is 19.3. The molecule has 3 aromatic carbocycles. The summed E-state index contributed by atoms with van der Waals surface area (Å²) < 4.78 is 20.8. The number of nitrogens with zero attached hydrogens (tertiary/aromatic N) is 2. The third-order valence-corrected chi connectivity index (χ3v) is 4.59. The van der Waals surface area contributed by atoms with Gasteiger partial charge in [-0.3, -0.25) is 0 Å². The number of rotatable bonds is 5. The van der Waals surface area contributed by atoms with Gasteiger partial charge in [0.2, 0.25) is 0 Å². The Morgan fingerprint density at radius 2 is 1.60 bits per heavy atom. The molecular weight excluding hydrogens is 383 g/mol. The molecular formula is C24H17FN2O3. The quantitative estimate of drug-likeness (QED) is 0.462. The van der Waals surface area contributed by atoms with E-state index in [9.17, 15) is 9.18 Å². The van der Waals surface area contributed by atoms with Crippen molar-refractivity contribution in [3.8, 4) is 33.8 Å². The number of aryl methyl sites for hydroxylation is 1. The first-order valence-corrected chi connectivity index (χ1v) is 9.20. The molecule has 5 nitrogen and oxygen atoms in total. The summed E-state index contributed by atoms with van der Waals surface area (Å²) in [5, 5.41) is 9.02. The molecule has 0 saturated heterocycles. The number of aromatic nitrogens is 2. The Labute approximate surface area is 172 Å². The van der Waals surface area contributed by atoms with Gasteiger partial charge in [0.1, 0.15) is 23.1 Å². The number of hydrogen-bond acceptors (Lipinski definition) is 4. The van der Waals surface area contributed by atoms with E-state index in [2.05, 4.69) is 9.97 Å². The first-order chi connectivity index (χ1) is 14.5. The zero-order valence-corrected chi connectivity index (χ0v) is 16.0. The highest BCUT2D eigenvalue weighted by Gasteiger charge is 2.12. The van der Waals surface area contributed by atoms with Crippen molar-refractivity contribution in [2.24, 2.45) is 0 Å².